The van der Waals surface area contributed by atoms with Crippen LogP contribution < -0.4 is 5.32 Å². The molecule has 0 aromatic heterocycles. The monoisotopic (exact) mass is 231 g/mol. The van der Waals surface area contributed by atoms with E-state index < -0.39 is 20.8 Å². The number of hydrogen-bond donors (Lipinski definition) is 3. The highest BCUT2D eigenvalue weighted by molar-refractivity contribution is 7.86. The van der Waals surface area contributed by atoms with Crippen molar-refractivity contribution in [1.82, 2.24) is 0 Å². The minimum Gasteiger partial charge on any atom is -0.506 e. The number of rotatable bonds is 2. The molecule has 6 nitrogen and oxygen atoms in total. The van der Waals surface area contributed by atoms with E-state index in [0.717, 1.165) is 12.1 Å². The van der Waals surface area contributed by atoms with Gasteiger partial charge in [0.2, 0.25) is 5.91 Å². The normalized spacial score (nSPS) is 11.1. The molecule has 0 aliphatic carbocycles. The van der Waals surface area contributed by atoms with Gasteiger partial charge in [-0.3, -0.25) is 9.35 Å². The fraction of sp³-hybridized carbons (Fsp3) is 0.125. The average Bonchev–Trinajstić information content (AvgIpc) is 2.05. The van der Waals surface area contributed by atoms with Crippen molar-refractivity contribution in [2.24, 2.45) is 0 Å². The quantitative estimate of drug-likeness (QED) is 0.510. The van der Waals surface area contributed by atoms with Crippen LogP contribution in [0.25, 0.3) is 0 Å². The number of phenolic OH excluding ortho intramolecular Hbond substituents is 1. The molecule has 1 aromatic carbocycles. The number of phenols is 1. The lowest BCUT2D eigenvalue weighted by Gasteiger charge is -2.05. The summed E-state index contributed by atoms with van der Waals surface area (Å²) in [6.07, 6.45) is 0. The predicted octanol–water partition coefficient (Wildman–Crippen LogP) is 0.597. The van der Waals surface area contributed by atoms with Crippen LogP contribution in [0.5, 0.6) is 5.75 Å². The van der Waals surface area contributed by atoms with E-state index in [-0.39, 0.29) is 11.6 Å². The van der Waals surface area contributed by atoms with E-state index in [1.165, 1.54) is 13.0 Å². The molecular formula is C8H9NO5S. The van der Waals surface area contributed by atoms with Crippen LogP contribution in [0.1, 0.15) is 6.92 Å². The van der Waals surface area contributed by atoms with Gasteiger partial charge in [-0.05, 0) is 18.2 Å². The molecule has 0 heterocycles. The number of hydrogen-bond acceptors (Lipinski definition) is 4. The fourth-order valence-corrected chi connectivity index (χ4v) is 1.61. The molecule has 0 atom stereocenters. The van der Waals surface area contributed by atoms with Crippen LogP contribution in [0.2, 0.25) is 0 Å². The smallest absolute Gasteiger partial charge is 0.298 e. The van der Waals surface area contributed by atoms with Crippen molar-refractivity contribution in [3.05, 3.63) is 18.2 Å². The minimum atomic E-state index is -4.49. The Balaban J connectivity index is 3.23. The van der Waals surface area contributed by atoms with Crippen LogP contribution in [-0.2, 0) is 14.9 Å². The van der Waals surface area contributed by atoms with E-state index in [0.29, 0.717) is 0 Å². The van der Waals surface area contributed by atoms with Crippen LogP contribution >= 0.6 is 0 Å². The zero-order valence-corrected chi connectivity index (χ0v) is 8.58. The van der Waals surface area contributed by atoms with E-state index in [2.05, 4.69) is 5.32 Å². The maximum Gasteiger partial charge on any atom is 0.298 e. The van der Waals surface area contributed by atoms with Crippen LogP contribution in [-0.4, -0.2) is 24.0 Å². The molecule has 0 spiro atoms. The van der Waals surface area contributed by atoms with Gasteiger partial charge in [0.05, 0.1) is 0 Å². The molecule has 1 rings (SSSR count). The fourth-order valence-electron chi connectivity index (χ4n) is 1.00. The van der Waals surface area contributed by atoms with Gasteiger partial charge >= 0.3 is 0 Å². The second-order valence-electron chi connectivity index (χ2n) is 2.84. The first-order chi connectivity index (χ1) is 6.80. The van der Waals surface area contributed by atoms with Crippen molar-refractivity contribution >= 4 is 21.7 Å². The van der Waals surface area contributed by atoms with Crippen LogP contribution in [0, 0.1) is 0 Å². The lowest BCUT2D eigenvalue weighted by molar-refractivity contribution is -0.114. The van der Waals surface area contributed by atoms with E-state index in [1.807, 2.05) is 0 Å². The lowest BCUT2D eigenvalue weighted by Crippen LogP contribution is -2.07. The van der Waals surface area contributed by atoms with Crippen LogP contribution in [0.4, 0.5) is 5.69 Å². The first kappa shape index (κ1) is 11.5. The molecule has 7 heteroatoms. The van der Waals surface area contributed by atoms with Gasteiger partial charge in [0.25, 0.3) is 10.1 Å². The van der Waals surface area contributed by atoms with Gasteiger partial charge in [0.1, 0.15) is 10.6 Å². The van der Waals surface area contributed by atoms with Crippen molar-refractivity contribution in [2.75, 3.05) is 5.32 Å². The molecule has 82 valence electrons. The van der Waals surface area contributed by atoms with Gasteiger partial charge in [-0.15, -0.1) is 0 Å². The van der Waals surface area contributed by atoms with Crippen LogP contribution in [0.3, 0.4) is 0 Å². The summed E-state index contributed by atoms with van der Waals surface area (Å²) in [6, 6.07) is 3.34. The first-order valence-corrected chi connectivity index (χ1v) is 5.33. The van der Waals surface area contributed by atoms with E-state index in [4.69, 9.17) is 9.66 Å². The average molecular weight is 231 g/mol. The number of anilines is 1. The molecule has 0 saturated carbocycles. The third-order valence-electron chi connectivity index (χ3n) is 1.56. The summed E-state index contributed by atoms with van der Waals surface area (Å²) >= 11 is 0. The SMILES string of the molecule is CC(=O)Nc1ccc(O)c(S(=O)(=O)O)c1. The van der Waals surface area contributed by atoms with Gasteiger partial charge in [-0.1, -0.05) is 0 Å². The molecule has 0 aliphatic heterocycles. The lowest BCUT2D eigenvalue weighted by atomic mass is 10.3. The zero-order chi connectivity index (χ0) is 11.6. The summed E-state index contributed by atoms with van der Waals surface area (Å²) in [5, 5.41) is 11.5. The number of benzene rings is 1. The Morgan fingerprint density at radius 3 is 2.47 bits per heavy atom. The molecule has 0 radical (unpaired) electrons. The highest BCUT2D eigenvalue weighted by Gasteiger charge is 2.15. The molecule has 0 fully saturated rings. The molecule has 0 aliphatic rings. The van der Waals surface area contributed by atoms with E-state index >= 15 is 0 Å². The van der Waals surface area contributed by atoms with Crippen molar-refractivity contribution in [1.29, 1.82) is 0 Å². The van der Waals surface area contributed by atoms with Gasteiger partial charge in [-0.2, -0.15) is 8.42 Å². The third kappa shape index (κ3) is 2.93. The van der Waals surface area contributed by atoms with Gasteiger partial charge in [-0.25, -0.2) is 0 Å². The summed E-state index contributed by atoms with van der Waals surface area (Å²) in [4.78, 5) is 10.0. The van der Waals surface area contributed by atoms with Gasteiger partial charge in [0.15, 0.2) is 0 Å². The minimum absolute atomic E-state index is 0.174. The van der Waals surface area contributed by atoms with E-state index in [1.54, 1.807) is 0 Å². The third-order valence-corrected chi connectivity index (χ3v) is 2.44. The second kappa shape index (κ2) is 3.87. The Morgan fingerprint density at radius 1 is 1.40 bits per heavy atom. The number of carbonyl (C=O) groups is 1. The molecule has 1 amide bonds. The molecule has 15 heavy (non-hydrogen) atoms. The molecule has 0 saturated heterocycles. The van der Waals surface area contributed by atoms with E-state index in [9.17, 15) is 13.2 Å². The van der Waals surface area contributed by atoms with Crippen molar-refractivity contribution < 1.29 is 22.9 Å². The molecular weight excluding hydrogens is 222 g/mol. The summed E-state index contributed by atoms with van der Waals surface area (Å²) in [7, 11) is -4.49. The molecule has 0 unspecified atom stereocenters. The van der Waals surface area contributed by atoms with Crippen molar-refractivity contribution in [2.45, 2.75) is 11.8 Å². The number of carbonyl (C=O) groups excluding carboxylic acids is 1. The number of nitrogens with one attached hydrogen (secondary N) is 1. The Hall–Kier alpha value is -1.60. The molecule has 3 N–H and O–H groups in total. The molecule has 0 bridgehead atoms. The highest BCUT2D eigenvalue weighted by Crippen LogP contribution is 2.25. The van der Waals surface area contributed by atoms with Gasteiger partial charge in [0, 0.05) is 12.6 Å². The Kier molecular flexibility index (Phi) is 2.96. The summed E-state index contributed by atoms with van der Waals surface area (Å²) in [5.74, 6) is -0.964. The van der Waals surface area contributed by atoms with Gasteiger partial charge < -0.3 is 10.4 Å². The summed E-state index contributed by atoms with van der Waals surface area (Å²) < 4.78 is 30.3. The van der Waals surface area contributed by atoms with Crippen molar-refractivity contribution in [3.63, 3.8) is 0 Å². The van der Waals surface area contributed by atoms with Crippen LogP contribution in [0.15, 0.2) is 23.1 Å². The second-order valence-corrected chi connectivity index (χ2v) is 4.23. The summed E-state index contributed by atoms with van der Waals surface area (Å²) in [6.45, 7) is 1.25. The van der Waals surface area contributed by atoms with Crippen molar-refractivity contribution in [3.8, 4) is 5.75 Å². The Morgan fingerprint density at radius 2 is 2.00 bits per heavy atom. The standard InChI is InChI=1S/C8H9NO5S/c1-5(10)9-6-2-3-7(11)8(4-6)15(12,13)14/h2-4,11H,1H3,(H,9,10)(H,12,13,14). The summed E-state index contributed by atoms with van der Waals surface area (Å²) in [5.41, 5.74) is 0.174. The Labute approximate surface area is 86.3 Å². The molecule has 1 aromatic rings. The zero-order valence-electron chi connectivity index (χ0n) is 7.76. The maximum absolute atomic E-state index is 10.8. The maximum atomic E-state index is 10.8. The topological polar surface area (TPSA) is 104 Å². The number of amides is 1. The highest BCUT2D eigenvalue weighted by atomic mass is 32.2. The first-order valence-electron chi connectivity index (χ1n) is 3.89. The predicted molar refractivity (Wildman–Crippen MR) is 52.2 cm³/mol. The Bertz CT molecular complexity index is 494. The largest absolute Gasteiger partial charge is 0.506 e. The number of aromatic hydroxyl groups is 1.